The molecule has 0 saturated carbocycles. The van der Waals surface area contributed by atoms with Gasteiger partial charge in [0.1, 0.15) is 5.60 Å². The Balaban J connectivity index is 2.40. The summed E-state index contributed by atoms with van der Waals surface area (Å²) in [6.07, 6.45) is 3.39. The summed E-state index contributed by atoms with van der Waals surface area (Å²) in [7, 11) is 0. The average Bonchev–Trinajstić information content (AvgIpc) is 2.37. The standard InChI is InChI=1S/C15H31N3O2/c1-5-12-7-6-8-18(11-12)13(9-16)10-17-14(19)20-15(2,3)4/h12-13H,5-11,16H2,1-4H3,(H,17,19). The Morgan fingerprint density at radius 3 is 2.75 bits per heavy atom. The zero-order valence-electron chi connectivity index (χ0n) is 13.4. The van der Waals surface area contributed by atoms with Crippen molar-refractivity contribution in [2.24, 2.45) is 11.7 Å². The van der Waals surface area contributed by atoms with Crippen LogP contribution in [0.4, 0.5) is 4.79 Å². The minimum absolute atomic E-state index is 0.205. The number of hydrogen-bond acceptors (Lipinski definition) is 4. The molecule has 1 heterocycles. The summed E-state index contributed by atoms with van der Waals surface area (Å²) in [5, 5.41) is 2.84. The van der Waals surface area contributed by atoms with Crippen molar-refractivity contribution in [2.45, 2.75) is 58.6 Å². The Morgan fingerprint density at radius 2 is 2.20 bits per heavy atom. The van der Waals surface area contributed by atoms with Crippen molar-refractivity contribution in [1.29, 1.82) is 0 Å². The van der Waals surface area contributed by atoms with Crippen LogP contribution < -0.4 is 11.1 Å². The van der Waals surface area contributed by atoms with Crippen molar-refractivity contribution in [2.75, 3.05) is 26.2 Å². The summed E-state index contributed by atoms with van der Waals surface area (Å²) in [4.78, 5) is 14.1. The Bertz CT molecular complexity index is 302. The van der Waals surface area contributed by atoms with Gasteiger partial charge < -0.3 is 15.8 Å². The van der Waals surface area contributed by atoms with Gasteiger partial charge in [0.15, 0.2) is 0 Å². The lowest BCUT2D eigenvalue weighted by Gasteiger charge is -2.37. The number of nitrogens with zero attached hydrogens (tertiary/aromatic N) is 1. The molecule has 0 aromatic heterocycles. The first kappa shape index (κ1) is 17.2. The molecule has 3 N–H and O–H groups in total. The molecule has 5 nitrogen and oxygen atoms in total. The van der Waals surface area contributed by atoms with Crippen molar-refractivity contribution in [3.05, 3.63) is 0 Å². The van der Waals surface area contributed by atoms with E-state index in [0.717, 1.165) is 19.0 Å². The molecular weight excluding hydrogens is 254 g/mol. The van der Waals surface area contributed by atoms with E-state index >= 15 is 0 Å². The number of nitrogens with two attached hydrogens (primary N) is 1. The molecule has 0 aliphatic carbocycles. The van der Waals surface area contributed by atoms with Crippen molar-refractivity contribution >= 4 is 6.09 Å². The highest BCUT2D eigenvalue weighted by Gasteiger charge is 2.25. The second kappa shape index (κ2) is 7.84. The summed E-state index contributed by atoms with van der Waals surface area (Å²) < 4.78 is 5.25. The van der Waals surface area contributed by atoms with Crippen LogP contribution in [0.15, 0.2) is 0 Å². The van der Waals surface area contributed by atoms with Crippen LogP contribution >= 0.6 is 0 Å². The van der Waals surface area contributed by atoms with E-state index in [4.69, 9.17) is 10.5 Å². The fourth-order valence-corrected chi connectivity index (χ4v) is 2.64. The fourth-order valence-electron chi connectivity index (χ4n) is 2.64. The van der Waals surface area contributed by atoms with Gasteiger partial charge in [-0.05, 0) is 46.1 Å². The quantitative estimate of drug-likeness (QED) is 0.810. The molecule has 1 rings (SSSR count). The molecule has 118 valence electrons. The molecule has 1 saturated heterocycles. The number of carbonyl (C=O) groups excluding carboxylic acids is 1. The summed E-state index contributed by atoms with van der Waals surface area (Å²) >= 11 is 0. The Labute approximate surface area is 123 Å². The van der Waals surface area contributed by atoms with Crippen LogP contribution in [0.25, 0.3) is 0 Å². The molecule has 5 heteroatoms. The van der Waals surface area contributed by atoms with E-state index in [1.165, 1.54) is 19.3 Å². The lowest BCUT2D eigenvalue weighted by atomic mass is 9.94. The summed E-state index contributed by atoms with van der Waals surface area (Å²) in [6.45, 7) is 11.1. The van der Waals surface area contributed by atoms with Crippen molar-refractivity contribution < 1.29 is 9.53 Å². The van der Waals surface area contributed by atoms with Crippen LogP contribution in [0.3, 0.4) is 0 Å². The second-order valence-electron chi connectivity index (χ2n) is 6.68. The molecule has 1 amide bonds. The van der Waals surface area contributed by atoms with Crippen LogP contribution in [-0.4, -0.2) is 48.8 Å². The second-order valence-corrected chi connectivity index (χ2v) is 6.68. The van der Waals surface area contributed by atoms with Crippen LogP contribution in [-0.2, 0) is 4.74 Å². The maximum absolute atomic E-state index is 11.7. The highest BCUT2D eigenvalue weighted by molar-refractivity contribution is 5.67. The molecule has 1 aliphatic rings. The molecule has 2 unspecified atom stereocenters. The maximum atomic E-state index is 11.7. The van der Waals surface area contributed by atoms with Gasteiger partial charge in [0.05, 0.1) is 0 Å². The van der Waals surface area contributed by atoms with Gasteiger partial charge >= 0.3 is 6.09 Å². The van der Waals surface area contributed by atoms with E-state index in [0.29, 0.717) is 13.1 Å². The molecule has 20 heavy (non-hydrogen) atoms. The molecule has 1 aliphatic heterocycles. The third-order valence-electron chi connectivity index (χ3n) is 3.80. The van der Waals surface area contributed by atoms with Crippen LogP contribution in [0.2, 0.25) is 0 Å². The highest BCUT2D eigenvalue weighted by Crippen LogP contribution is 2.20. The van der Waals surface area contributed by atoms with Crippen LogP contribution in [0, 0.1) is 5.92 Å². The maximum Gasteiger partial charge on any atom is 0.407 e. The van der Waals surface area contributed by atoms with E-state index in [-0.39, 0.29) is 12.1 Å². The number of hydrogen-bond donors (Lipinski definition) is 2. The van der Waals surface area contributed by atoms with Gasteiger partial charge in [0, 0.05) is 25.7 Å². The first-order valence-corrected chi connectivity index (χ1v) is 7.76. The third-order valence-corrected chi connectivity index (χ3v) is 3.80. The number of rotatable bonds is 5. The SMILES string of the molecule is CCC1CCCN(C(CN)CNC(=O)OC(C)(C)C)C1. The first-order valence-electron chi connectivity index (χ1n) is 7.76. The van der Waals surface area contributed by atoms with E-state index in [1.807, 2.05) is 20.8 Å². The number of nitrogens with one attached hydrogen (secondary N) is 1. The van der Waals surface area contributed by atoms with E-state index in [1.54, 1.807) is 0 Å². The third kappa shape index (κ3) is 6.09. The van der Waals surface area contributed by atoms with Crippen molar-refractivity contribution in [1.82, 2.24) is 10.2 Å². The molecule has 2 atom stereocenters. The normalized spacial score (nSPS) is 22.4. The molecule has 0 aromatic carbocycles. The van der Waals surface area contributed by atoms with Gasteiger partial charge in [0.25, 0.3) is 0 Å². The van der Waals surface area contributed by atoms with Gasteiger partial charge in [-0.1, -0.05) is 13.3 Å². The first-order chi connectivity index (χ1) is 9.35. The molecule has 0 aromatic rings. The lowest BCUT2D eigenvalue weighted by Crippen LogP contribution is -2.51. The van der Waals surface area contributed by atoms with E-state index < -0.39 is 5.60 Å². The number of piperidine rings is 1. The van der Waals surface area contributed by atoms with E-state index in [9.17, 15) is 4.79 Å². The minimum Gasteiger partial charge on any atom is -0.444 e. The summed E-state index contributed by atoms with van der Waals surface area (Å²) in [5.41, 5.74) is 5.41. The van der Waals surface area contributed by atoms with Crippen molar-refractivity contribution in [3.8, 4) is 0 Å². The molecule has 1 fully saturated rings. The number of carbonyl (C=O) groups is 1. The summed E-state index contributed by atoms with van der Waals surface area (Å²) in [5.74, 6) is 0.763. The highest BCUT2D eigenvalue weighted by atomic mass is 16.6. The topological polar surface area (TPSA) is 67.6 Å². The zero-order valence-corrected chi connectivity index (χ0v) is 13.4. The number of likely N-dealkylation sites (tertiary alicyclic amines) is 1. The van der Waals surface area contributed by atoms with Crippen molar-refractivity contribution in [3.63, 3.8) is 0 Å². The van der Waals surface area contributed by atoms with Gasteiger partial charge in [-0.15, -0.1) is 0 Å². The predicted octanol–water partition coefficient (Wildman–Crippen LogP) is 1.96. The molecule has 0 radical (unpaired) electrons. The Morgan fingerprint density at radius 1 is 1.50 bits per heavy atom. The van der Waals surface area contributed by atoms with Gasteiger partial charge in [-0.3, -0.25) is 4.90 Å². The van der Waals surface area contributed by atoms with E-state index in [2.05, 4.69) is 17.1 Å². The average molecular weight is 285 g/mol. The molecule has 0 bridgehead atoms. The molecular formula is C15H31N3O2. The number of alkyl carbamates (subject to hydrolysis) is 1. The van der Waals surface area contributed by atoms with Crippen LogP contribution in [0.1, 0.15) is 47.0 Å². The largest absolute Gasteiger partial charge is 0.444 e. The van der Waals surface area contributed by atoms with Gasteiger partial charge in [0.2, 0.25) is 0 Å². The monoisotopic (exact) mass is 285 g/mol. The predicted molar refractivity (Wildman–Crippen MR) is 81.7 cm³/mol. The lowest BCUT2D eigenvalue weighted by molar-refractivity contribution is 0.0495. The van der Waals surface area contributed by atoms with Gasteiger partial charge in [-0.2, -0.15) is 0 Å². The number of ether oxygens (including phenoxy) is 1. The zero-order chi connectivity index (χ0) is 15.2. The van der Waals surface area contributed by atoms with Gasteiger partial charge in [-0.25, -0.2) is 4.79 Å². The minimum atomic E-state index is -0.458. The molecule has 0 spiro atoms. The Kier molecular flexibility index (Phi) is 6.76. The fraction of sp³-hybridized carbons (Fsp3) is 0.933. The van der Waals surface area contributed by atoms with Crippen LogP contribution in [0.5, 0.6) is 0 Å². The summed E-state index contributed by atoms with van der Waals surface area (Å²) in [6, 6.07) is 0.205. The smallest absolute Gasteiger partial charge is 0.407 e. The Hall–Kier alpha value is -0.810. The number of amides is 1.